The van der Waals surface area contributed by atoms with Gasteiger partial charge in [-0.1, -0.05) is 12.1 Å². The summed E-state index contributed by atoms with van der Waals surface area (Å²) in [7, 11) is 4.82. The first-order valence-electron chi connectivity index (χ1n) is 9.13. The Hall–Kier alpha value is -2.89. The molecule has 6 nitrogen and oxygen atoms in total. The number of benzene rings is 2. The lowest BCUT2D eigenvalue weighted by Crippen LogP contribution is -2.24. The predicted molar refractivity (Wildman–Crippen MR) is 108 cm³/mol. The normalized spacial score (nSPS) is 13.7. The summed E-state index contributed by atoms with van der Waals surface area (Å²) in [4.78, 5) is 4.49. The van der Waals surface area contributed by atoms with E-state index in [-0.39, 0.29) is 0 Å². The van der Waals surface area contributed by atoms with Gasteiger partial charge in [-0.25, -0.2) is 4.99 Å². The molecule has 0 atom stereocenters. The number of nitrogens with one attached hydrogen (secondary N) is 1. The van der Waals surface area contributed by atoms with Gasteiger partial charge in [0.1, 0.15) is 5.75 Å². The van der Waals surface area contributed by atoms with Crippen molar-refractivity contribution in [2.24, 2.45) is 10.7 Å². The van der Waals surface area contributed by atoms with Crippen LogP contribution in [0.3, 0.4) is 0 Å². The van der Waals surface area contributed by atoms with E-state index >= 15 is 0 Å². The lowest BCUT2D eigenvalue weighted by Gasteiger charge is -2.20. The van der Waals surface area contributed by atoms with Crippen molar-refractivity contribution >= 4 is 11.6 Å². The first kappa shape index (κ1) is 18.9. The molecule has 0 spiro atoms. The lowest BCUT2D eigenvalue weighted by molar-refractivity contribution is 0.347. The van der Waals surface area contributed by atoms with Crippen LogP contribution < -0.4 is 25.3 Å². The molecule has 3 rings (SSSR count). The van der Waals surface area contributed by atoms with E-state index in [9.17, 15) is 0 Å². The first-order valence-corrected chi connectivity index (χ1v) is 9.13. The highest BCUT2D eigenvalue weighted by Gasteiger charge is 2.14. The number of hydrogen-bond donors (Lipinski definition) is 2. The third-order valence-corrected chi connectivity index (χ3v) is 4.87. The lowest BCUT2D eigenvalue weighted by atomic mass is 9.90. The zero-order chi connectivity index (χ0) is 19.2. The minimum atomic E-state index is 0.372. The predicted octanol–water partition coefficient (Wildman–Crippen LogP) is 3.52. The van der Waals surface area contributed by atoms with Gasteiger partial charge in [0.15, 0.2) is 17.5 Å². The van der Waals surface area contributed by atoms with Gasteiger partial charge in [-0.05, 0) is 48.9 Å². The second kappa shape index (κ2) is 8.66. The first-order chi connectivity index (χ1) is 13.2. The van der Waals surface area contributed by atoms with Crippen LogP contribution in [0.1, 0.15) is 29.5 Å². The fourth-order valence-corrected chi connectivity index (χ4v) is 3.46. The number of aryl methyl sites for hydroxylation is 1. The van der Waals surface area contributed by atoms with Gasteiger partial charge in [-0.3, -0.25) is 0 Å². The average molecular weight is 369 g/mol. The number of nitrogens with zero attached hydrogens (tertiary/aromatic N) is 1. The van der Waals surface area contributed by atoms with Gasteiger partial charge in [-0.2, -0.15) is 0 Å². The molecule has 2 aromatic carbocycles. The number of fused-ring (bicyclic) bond motifs is 1. The van der Waals surface area contributed by atoms with Crippen molar-refractivity contribution in [2.45, 2.75) is 32.2 Å². The Balaban J connectivity index is 1.78. The molecule has 0 bridgehead atoms. The van der Waals surface area contributed by atoms with E-state index < -0.39 is 0 Å². The zero-order valence-electron chi connectivity index (χ0n) is 16.2. The molecule has 0 saturated carbocycles. The maximum Gasteiger partial charge on any atom is 0.193 e. The standard InChI is InChI=1S/C21H27N3O3/c1-25-18-12-20(27-3)19(26-2)11-15(18)13-23-21(22)24-17-10-6-8-14-7-4-5-9-16(14)17/h6,8,10-12H,4-5,7,9,13H2,1-3H3,(H3,22,23,24). The van der Waals surface area contributed by atoms with Gasteiger partial charge in [0.25, 0.3) is 0 Å². The maximum absolute atomic E-state index is 6.15. The summed E-state index contributed by atoms with van der Waals surface area (Å²) in [5.74, 6) is 2.31. The van der Waals surface area contributed by atoms with Crippen molar-refractivity contribution in [1.29, 1.82) is 0 Å². The summed E-state index contributed by atoms with van der Waals surface area (Å²) in [5.41, 5.74) is 10.8. The molecule has 0 saturated heterocycles. The molecule has 3 N–H and O–H groups in total. The molecular weight excluding hydrogens is 342 g/mol. The van der Waals surface area contributed by atoms with E-state index in [2.05, 4.69) is 28.5 Å². The molecule has 0 radical (unpaired) electrons. The Labute approximate surface area is 160 Å². The number of methoxy groups -OCH3 is 3. The van der Waals surface area contributed by atoms with E-state index in [1.54, 1.807) is 27.4 Å². The smallest absolute Gasteiger partial charge is 0.193 e. The van der Waals surface area contributed by atoms with E-state index in [0.29, 0.717) is 29.8 Å². The second-order valence-electron chi connectivity index (χ2n) is 6.50. The van der Waals surface area contributed by atoms with Crippen molar-refractivity contribution in [2.75, 3.05) is 26.6 Å². The highest BCUT2D eigenvalue weighted by molar-refractivity contribution is 5.93. The van der Waals surface area contributed by atoms with Crippen LogP contribution >= 0.6 is 0 Å². The monoisotopic (exact) mass is 369 g/mol. The molecular formula is C21H27N3O3. The highest BCUT2D eigenvalue weighted by atomic mass is 16.5. The summed E-state index contributed by atoms with van der Waals surface area (Å²) >= 11 is 0. The van der Waals surface area contributed by atoms with Gasteiger partial charge in [0.05, 0.1) is 27.9 Å². The Kier molecular flexibility index (Phi) is 6.06. The molecule has 0 aliphatic heterocycles. The topological polar surface area (TPSA) is 78.1 Å². The fourth-order valence-electron chi connectivity index (χ4n) is 3.46. The van der Waals surface area contributed by atoms with Crippen LogP contribution in [0.4, 0.5) is 5.69 Å². The third kappa shape index (κ3) is 4.27. The molecule has 1 aliphatic rings. The van der Waals surface area contributed by atoms with Crippen LogP contribution in [-0.2, 0) is 19.4 Å². The number of nitrogens with two attached hydrogens (primary N) is 1. The van der Waals surface area contributed by atoms with Crippen molar-refractivity contribution in [3.63, 3.8) is 0 Å². The van der Waals surface area contributed by atoms with Crippen LogP contribution in [0.5, 0.6) is 17.2 Å². The third-order valence-electron chi connectivity index (χ3n) is 4.87. The van der Waals surface area contributed by atoms with Crippen LogP contribution in [0, 0.1) is 0 Å². The van der Waals surface area contributed by atoms with Crippen molar-refractivity contribution < 1.29 is 14.2 Å². The Morgan fingerprint density at radius 1 is 1.00 bits per heavy atom. The number of guanidine groups is 1. The Morgan fingerprint density at radius 3 is 2.44 bits per heavy atom. The molecule has 144 valence electrons. The molecule has 0 aromatic heterocycles. The summed E-state index contributed by atoms with van der Waals surface area (Å²) in [6, 6.07) is 9.97. The minimum Gasteiger partial charge on any atom is -0.496 e. The van der Waals surface area contributed by atoms with Gasteiger partial charge < -0.3 is 25.3 Å². The van der Waals surface area contributed by atoms with Crippen molar-refractivity contribution in [3.8, 4) is 17.2 Å². The average Bonchev–Trinajstić information content (AvgIpc) is 2.71. The fraction of sp³-hybridized carbons (Fsp3) is 0.381. The number of rotatable bonds is 6. The van der Waals surface area contributed by atoms with Crippen molar-refractivity contribution in [1.82, 2.24) is 0 Å². The summed E-state index contributed by atoms with van der Waals surface area (Å²) in [6.07, 6.45) is 4.67. The molecule has 27 heavy (non-hydrogen) atoms. The zero-order valence-corrected chi connectivity index (χ0v) is 16.2. The quantitative estimate of drug-likeness (QED) is 0.602. The largest absolute Gasteiger partial charge is 0.496 e. The maximum atomic E-state index is 6.15. The highest BCUT2D eigenvalue weighted by Crippen LogP contribution is 2.35. The number of aliphatic imine (C=N–C) groups is 1. The molecule has 0 fully saturated rings. The Morgan fingerprint density at radius 2 is 1.70 bits per heavy atom. The summed E-state index contributed by atoms with van der Waals surface area (Å²) < 4.78 is 16.1. The molecule has 0 unspecified atom stereocenters. The van der Waals surface area contributed by atoms with E-state index in [1.165, 1.54) is 24.0 Å². The van der Waals surface area contributed by atoms with Crippen LogP contribution in [0.15, 0.2) is 35.3 Å². The SMILES string of the molecule is COc1cc(OC)c(OC)cc1CN=C(N)Nc1cccc2c1CCCC2. The second-order valence-corrected chi connectivity index (χ2v) is 6.50. The molecule has 0 heterocycles. The minimum absolute atomic E-state index is 0.372. The van der Waals surface area contributed by atoms with Crippen LogP contribution in [0.2, 0.25) is 0 Å². The Bertz CT molecular complexity index is 834. The van der Waals surface area contributed by atoms with Gasteiger partial charge in [0, 0.05) is 17.3 Å². The summed E-state index contributed by atoms with van der Waals surface area (Å²) in [5, 5.41) is 3.26. The number of hydrogen-bond acceptors (Lipinski definition) is 4. The van der Waals surface area contributed by atoms with Gasteiger partial charge in [0.2, 0.25) is 0 Å². The van der Waals surface area contributed by atoms with Crippen molar-refractivity contribution in [3.05, 3.63) is 47.0 Å². The molecule has 2 aromatic rings. The van der Waals surface area contributed by atoms with Crippen LogP contribution in [0.25, 0.3) is 0 Å². The van der Waals surface area contributed by atoms with Crippen LogP contribution in [-0.4, -0.2) is 27.3 Å². The van der Waals surface area contributed by atoms with Gasteiger partial charge in [-0.15, -0.1) is 0 Å². The molecule has 6 heteroatoms. The van der Waals surface area contributed by atoms with E-state index in [4.69, 9.17) is 19.9 Å². The van der Waals surface area contributed by atoms with E-state index in [1.807, 2.05) is 6.07 Å². The van der Waals surface area contributed by atoms with E-state index in [0.717, 1.165) is 24.1 Å². The molecule has 0 amide bonds. The summed E-state index contributed by atoms with van der Waals surface area (Å²) in [6.45, 7) is 0.372. The molecule has 1 aliphatic carbocycles. The number of anilines is 1. The van der Waals surface area contributed by atoms with Gasteiger partial charge >= 0.3 is 0 Å². The number of ether oxygens (including phenoxy) is 3.